The summed E-state index contributed by atoms with van der Waals surface area (Å²) in [7, 11) is 0. The first kappa shape index (κ1) is 13.3. The van der Waals surface area contributed by atoms with Gasteiger partial charge in [0.25, 0.3) is 0 Å². The molecule has 0 aliphatic carbocycles. The number of carbonyl (C=O) groups excluding carboxylic acids is 1. The molecular weight excluding hydrogens is 336 g/mol. The van der Waals surface area contributed by atoms with Gasteiger partial charge in [-0.25, -0.2) is 4.68 Å². The van der Waals surface area contributed by atoms with Crippen molar-refractivity contribution in [3.8, 4) is 5.69 Å². The Morgan fingerprint density at radius 1 is 1.25 bits per heavy atom. The van der Waals surface area contributed by atoms with E-state index in [2.05, 4.69) is 21.0 Å². The molecule has 0 aliphatic heterocycles. The number of nitrogens with zero attached hydrogens (tertiary/aromatic N) is 2. The summed E-state index contributed by atoms with van der Waals surface area (Å²) in [4.78, 5) is 13.3. The van der Waals surface area contributed by atoms with Gasteiger partial charge < -0.3 is 0 Å². The van der Waals surface area contributed by atoms with Crippen molar-refractivity contribution in [2.75, 3.05) is 0 Å². The fraction of sp³-hybridized carbons (Fsp3) is 0.0667. The van der Waals surface area contributed by atoms with Crippen LogP contribution in [-0.2, 0) is 0 Å². The van der Waals surface area contributed by atoms with Crippen LogP contribution in [0.5, 0.6) is 0 Å². The zero-order chi connectivity index (χ0) is 14.1. The van der Waals surface area contributed by atoms with E-state index in [1.165, 1.54) is 11.3 Å². The second-order valence-electron chi connectivity index (χ2n) is 4.36. The van der Waals surface area contributed by atoms with Crippen LogP contribution in [0.3, 0.4) is 0 Å². The molecular formula is C15H11BrN2OS. The fourth-order valence-corrected chi connectivity index (χ4v) is 3.43. The first-order valence-electron chi connectivity index (χ1n) is 6.07. The molecule has 20 heavy (non-hydrogen) atoms. The summed E-state index contributed by atoms with van der Waals surface area (Å²) >= 11 is 4.91. The molecule has 0 spiro atoms. The van der Waals surface area contributed by atoms with Gasteiger partial charge in [0.15, 0.2) is 0 Å². The Hall–Kier alpha value is -1.72. The Bertz CT molecular complexity index is 742. The standard InChI is InChI=1S/C15H11BrN2OS/c1-10-9-13(20-15(10)16)14(19)12-7-8-17-18(12)11-5-3-2-4-6-11/h2-9H,1H3. The van der Waals surface area contributed by atoms with Gasteiger partial charge in [-0.05, 0) is 52.7 Å². The average molecular weight is 347 g/mol. The Morgan fingerprint density at radius 3 is 2.65 bits per heavy atom. The molecule has 0 unspecified atom stereocenters. The Morgan fingerprint density at radius 2 is 2.00 bits per heavy atom. The van der Waals surface area contributed by atoms with Gasteiger partial charge in [0, 0.05) is 0 Å². The molecule has 3 nitrogen and oxygen atoms in total. The number of halogens is 1. The molecule has 0 saturated carbocycles. The minimum atomic E-state index is -0.00912. The molecule has 0 saturated heterocycles. The van der Waals surface area contributed by atoms with Crippen molar-refractivity contribution >= 4 is 33.0 Å². The predicted molar refractivity (Wildman–Crippen MR) is 83.8 cm³/mol. The Labute approximate surface area is 129 Å². The smallest absolute Gasteiger partial charge is 0.221 e. The molecule has 0 aliphatic rings. The summed E-state index contributed by atoms with van der Waals surface area (Å²) in [6.07, 6.45) is 1.65. The third-order valence-electron chi connectivity index (χ3n) is 2.96. The van der Waals surface area contributed by atoms with Crippen LogP contribution in [0.25, 0.3) is 5.69 Å². The van der Waals surface area contributed by atoms with E-state index >= 15 is 0 Å². The molecule has 2 aromatic heterocycles. The quantitative estimate of drug-likeness (QED) is 0.665. The second kappa shape index (κ2) is 5.34. The number of benzene rings is 1. The number of hydrogen-bond acceptors (Lipinski definition) is 3. The Balaban J connectivity index is 2.04. The average Bonchev–Trinajstić information content (AvgIpc) is 3.07. The minimum Gasteiger partial charge on any atom is -0.286 e. The van der Waals surface area contributed by atoms with E-state index in [0.29, 0.717) is 10.6 Å². The molecule has 0 atom stereocenters. The molecule has 100 valence electrons. The van der Waals surface area contributed by atoms with Gasteiger partial charge in [0.2, 0.25) is 5.78 Å². The third kappa shape index (κ3) is 2.34. The first-order valence-corrected chi connectivity index (χ1v) is 7.68. The number of hydrogen-bond donors (Lipinski definition) is 0. The highest BCUT2D eigenvalue weighted by atomic mass is 79.9. The molecule has 0 radical (unpaired) electrons. The van der Waals surface area contributed by atoms with Gasteiger partial charge in [0.05, 0.1) is 20.5 Å². The lowest BCUT2D eigenvalue weighted by Crippen LogP contribution is -2.08. The predicted octanol–water partition coefficient (Wildman–Crippen LogP) is 4.24. The van der Waals surface area contributed by atoms with E-state index in [1.54, 1.807) is 16.9 Å². The van der Waals surface area contributed by atoms with Gasteiger partial charge in [-0.15, -0.1) is 11.3 Å². The number of ketones is 1. The monoisotopic (exact) mass is 346 g/mol. The van der Waals surface area contributed by atoms with Crippen LogP contribution in [0.15, 0.2) is 52.4 Å². The van der Waals surface area contributed by atoms with Crippen LogP contribution in [0.2, 0.25) is 0 Å². The van der Waals surface area contributed by atoms with E-state index in [-0.39, 0.29) is 5.78 Å². The third-order valence-corrected chi connectivity index (χ3v) is 5.09. The maximum atomic E-state index is 12.6. The van der Waals surface area contributed by atoms with Crippen molar-refractivity contribution in [2.24, 2.45) is 0 Å². The SMILES string of the molecule is Cc1cc(C(=O)c2ccnn2-c2ccccc2)sc1Br. The number of carbonyl (C=O) groups is 1. The van der Waals surface area contributed by atoms with Crippen molar-refractivity contribution < 1.29 is 4.79 Å². The summed E-state index contributed by atoms with van der Waals surface area (Å²) in [6, 6.07) is 13.3. The molecule has 0 amide bonds. The molecule has 0 bridgehead atoms. The van der Waals surface area contributed by atoms with E-state index in [1.807, 2.05) is 43.3 Å². The van der Waals surface area contributed by atoms with E-state index in [9.17, 15) is 4.79 Å². The fourth-order valence-electron chi connectivity index (χ4n) is 1.95. The topological polar surface area (TPSA) is 34.9 Å². The van der Waals surface area contributed by atoms with Gasteiger partial charge >= 0.3 is 0 Å². The van der Waals surface area contributed by atoms with Crippen molar-refractivity contribution in [3.63, 3.8) is 0 Å². The largest absolute Gasteiger partial charge is 0.286 e. The highest BCUT2D eigenvalue weighted by Crippen LogP contribution is 2.29. The van der Waals surface area contributed by atoms with Crippen molar-refractivity contribution in [1.29, 1.82) is 0 Å². The van der Waals surface area contributed by atoms with Gasteiger partial charge in [0.1, 0.15) is 5.69 Å². The van der Waals surface area contributed by atoms with Crippen LogP contribution in [0.4, 0.5) is 0 Å². The molecule has 0 N–H and O–H groups in total. The summed E-state index contributed by atoms with van der Waals surface area (Å²) in [5.74, 6) is -0.00912. The zero-order valence-electron chi connectivity index (χ0n) is 10.7. The van der Waals surface area contributed by atoms with Gasteiger partial charge in [-0.1, -0.05) is 18.2 Å². The summed E-state index contributed by atoms with van der Waals surface area (Å²) in [5.41, 5.74) is 2.53. The van der Waals surface area contributed by atoms with Crippen LogP contribution in [-0.4, -0.2) is 15.6 Å². The maximum Gasteiger partial charge on any atom is 0.221 e. The van der Waals surface area contributed by atoms with Gasteiger partial charge in [-0.2, -0.15) is 5.10 Å². The van der Waals surface area contributed by atoms with Crippen LogP contribution in [0.1, 0.15) is 20.9 Å². The van der Waals surface area contributed by atoms with Gasteiger partial charge in [-0.3, -0.25) is 4.79 Å². The molecule has 3 aromatic rings. The number of para-hydroxylation sites is 1. The van der Waals surface area contributed by atoms with E-state index in [0.717, 1.165) is 15.0 Å². The van der Waals surface area contributed by atoms with Crippen molar-refractivity contribution in [3.05, 3.63) is 68.6 Å². The molecule has 3 rings (SSSR count). The summed E-state index contributed by atoms with van der Waals surface area (Å²) < 4.78 is 2.66. The lowest BCUT2D eigenvalue weighted by Gasteiger charge is -2.05. The summed E-state index contributed by atoms with van der Waals surface area (Å²) in [5, 5.41) is 4.25. The Kier molecular flexibility index (Phi) is 3.54. The zero-order valence-corrected chi connectivity index (χ0v) is 13.1. The number of thiophene rings is 1. The van der Waals surface area contributed by atoms with E-state index < -0.39 is 0 Å². The molecule has 2 heterocycles. The number of aryl methyl sites for hydroxylation is 1. The normalized spacial score (nSPS) is 10.7. The highest BCUT2D eigenvalue weighted by molar-refractivity contribution is 9.11. The van der Waals surface area contributed by atoms with Crippen LogP contribution < -0.4 is 0 Å². The molecule has 1 aromatic carbocycles. The maximum absolute atomic E-state index is 12.6. The highest BCUT2D eigenvalue weighted by Gasteiger charge is 2.18. The second-order valence-corrected chi connectivity index (χ2v) is 6.73. The first-order chi connectivity index (χ1) is 9.66. The molecule has 5 heteroatoms. The van der Waals surface area contributed by atoms with Crippen LogP contribution >= 0.6 is 27.3 Å². The number of aromatic nitrogens is 2. The van der Waals surface area contributed by atoms with Crippen molar-refractivity contribution in [1.82, 2.24) is 9.78 Å². The minimum absolute atomic E-state index is 0.00912. The number of rotatable bonds is 3. The van der Waals surface area contributed by atoms with Crippen molar-refractivity contribution in [2.45, 2.75) is 6.92 Å². The lowest BCUT2D eigenvalue weighted by molar-refractivity contribution is 0.103. The van der Waals surface area contributed by atoms with Crippen LogP contribution in [0, 0.1) is 6.92 Å². The molecule has 0 fully saturated rings. The summed E-state index contributed by atoms with van der Waals surface area (Å²) in [6.45, 7) is 1.98. The van der Waals surface area contributed by atoms with E-state index in [4.69, 9.17) is 0 Å². The lowest BCUT2D eigenvalue weighted by atomic mass is 10.2.